The highest BCUT2D eigenvalue weighted by Gasteiger charge is 2.12. The SMILES string of the molecule is Cc1nn(-c2cnc(C(N)=NO)cn2)c(C)c1Cl. The van der Waals surface area contributed by atoms with Crippen LogP contribution in [0.5, 0.6) is 0 Å². The molecule has 0 fully saturated rings. The van der Waals surface area contributed by atoms with Gasteiger partial charge in [-0.1, -0.05) is 16.8 Å². The minimum Gasteiger partial charge on any atom is -0.409 e. The third kappa shape index (κ3) is 2.00. The molecule has 0 aliphatic carbocycles. The molecule has 94 valence electrons. The first-order valence-electron chi connectivity index (χ1n) is 5.06. The Hall–Kier alpha value is -2.15. The van der Waals surface area contributed by atoms with Gasteiger partial charge in [0.05, 0.1) is 28.8 Å². The topological polar surface area (TPSA) is 102 Å². The zero-order chi connectivity index (χ0) is 13.3. The van der Waals surface area contributed by atoms with Crippen LogP contribution in [0.4, 0.5) is 0 Å². The van der Waals surface area contributed by atoms with Crippen molar-refractivity contribution >= 4 is 17.4 Å². The molecule has 18 heavy (non-hydrogen) atoms. The van der Waals surface area contributed by atoms with E-state index in [1.807, 2.05) is 13.8 Å². The van der Waals surface area contributed by atoms with E-state index in [0.29, 0.717) is 10.8 Å². The molecule has 3 N–H and O–H groups in total. The molecule has 2 aromatic rings. The zero-order valence-electron chi connectivity index (χ0n) is 9.79. The van der Waals surface area contributed by atoms with Crippen LogP contribution >= 0.6 is 11.6 Å². The first-order valence-corrected chi connectivity index (χ1v) is 5.44. The number of halogens is 1. The Morgan fingerprint density at radius 3 is 2.56 bits per heavy atom. The molecule has 0 bridgehead atoms. The molecule has 0 spiro atoms. The van der Waals surface area contributed by atoms with E-state index in [1.165, 1.54) is 12.4 Å². The first kappa shape index (κ1) is 12.3. The van der Waals surface area contributed by atoms with Crippen molar-refractivity contribution in [3.63, 3.8) is 0 Å². The summed E-state index contributed by atoms with van der Waals surface area (Å²) in [6, 6.07) is 0. The number of hydrogen-bond donors (Lipinski definition) is 2. The highest BCUT2D eigenvalue weighted by atomic mass is 35.5. The van der Waals surface area contributed by atoms with Gasteiger partial charge in [0, 0.05) is 0 Å². The summed E-state index contributed by atoms with van der Waals surface area (Å²) in [4.78, 5) is 8.16. The normalized spacial score (nSPS) is 11.8. The van der Waals surface area contributed by atoms with E-state index < -0.39 is 0 Å². The van der Waals surface area contributed by atoms with Crippen molar-refractivity contribution in [2.24, 2.45) is 10.9 Å². The Morgan fingerprint density at radius 2 is 2.11 bits per heavy atom. The number of amidine groups is 1. The second-order valence-electron chi connectivity index (χ2n) is 3.64. The average Bonchev–Trinajstić information content (AvgIpc) is 2.66. The largest absolute Gasteiger partial charge is 0.409 e. The molecule has 0 aliphatic heterocycles. The van der Waals surface area contributed by atoms with Gasteiger partial charge >= 0.3 is 0 Å². The van der Waals surface area contributed by atoms with Crippen LogP contribution < -0.4 is 5.73 Å². The van der Waals surface area contributed by atoms with Crippen molar-refractivity contribution in [3.05, 3.63) is 34.5 Å². The van der Waals surface area contributed by atoms with E-state index in [9.17, 15) is 0 Å². The molecule has 0 saturated carbocycles. The number of rotatable bonds is 2. The number of aryl methyl sites for hydroxylation is 1. The molecule has 8 heteroatoms. The van der Waals surface area contributed by atoms with Crippen molar-refractivity contribution in [2.45, 2.75) is 13.8 Å². The molecular weight excluding hydrogens is 256 g/mol. The zero-order valence-corrected chi connectivity index (χ0v) is 10.5. The lowest BCUT2D eigenvalue weighted by molar-refractivity contribution is 0.318. The van der Waals surface area contributed by atoms with Crippen LogP contribution in [0.25, 0.3) is 5.82 Å². The summed E-state index contributed by atoms with van der Waals surface area (Å²) in [5.41, 5.74) is 7.18. The Bertz CT molecular complexity index is 604. The maximum atomic E-state index is 8.52. The van der Waals surface area contributed by atoms with E-state index in [0.717, 1.165) is 11.4 Å². The van der Waals surface area contributed by atoms with E-state index in [-0.39, 0.29) is 11.5 Å². The molecule has 2 aromatic heterocycles. The lowest BCUT2D eigenvalue weighted by Gasteiger charge is -2.03. The molecule has 0 saturated heterocycles. The van der Waals surface area contributed by atoms with Crippen LogP contribution in [0.3, 0.4) is 0 Å². The summed E-state index contributed by atoms with van der Waals surface area (Å²) in [7, 11) is 0. The van der Waals surface area contributed by atoms with Gasteiger partial charge in [0.1, 0.15) is 5.69 Å². The van der Waals surface area contributed by atoms with Crippen LogP contribution in [0.2, 0.25) is 5.02 Å². The molecule has 0 radical (unpaired) electrons. The molecule has 0 atom stereocenters. The molecule has 0 aromatic carbocycles. The fourth-order valence-electron chi connectivity index (χ4n) is 1.46. The molecule has 0 unspecified atom stereocenters. The summed E-state index contributed by atoms with van der Waals surface area (Å²) in [6.07, 6.45) is 2.87. The number of oxime groups is 1. The quantitative estimate of drug-likeness (QED) is 0.366. The Balaban J connectivity index is 2.43. The second-order valence-corrected chi connectivity index (χ2v) is 4.02. The number of hydrogen-bond acceptors (Lipinski definition) is 5. The second kappa shape index (κ2) is 4.61. The molecule has 0 amide bonds. The highest BCUT2D eigenvalue weighted by Crippen LogP contribution is 2.20. The maximum Gasteiger partial charge on any atom is 0.190 e. The Kier molecular flexibility index (Phi) is 3.15. The van der Waals surface area contributed by atoms with E-state index in [4.69, 9.17) is 22.5 Å². The van der Waals surface area contributed by atoms with Crippen molar-refractivity contribution < 1.29 is 5.21 Å². The minimum absolute atomic E-state index is 0.0968. The van der Waals surface area contributed by atoms with Crippen LogP contribution in [-0.2, 0) is 0 Å². The minimum atomic E-state index is -0.0968. The van der Waals surface area contributed by atoms with Crippen molar-refractivity contribution in [2.75, 3.05) is 0 Å². The molecule has 2 heterocycles. The van der Waals surface area contributed by atoms with Gasteiger partial charge in [-0.05, 0) is 13.8 Å². The smallest absolute Gasteiger partial charge is 0.190 e. The third-order valence-electron chi connectivity index (χ3n) is 2.43. The van der Waals surface area contributed by atoms with Crippen LogP contribution in [0.15, 0.2) is 17.5 Å². The van der Waals surface area contributed by atoms with E-state index >= 15 is 0 Å². The summed E-state index contributed by atoms with van der Waals surface area (Å²) in [6.45, 7) is 3.64. The van der Waals surface area contributed by atoms with Gasteiger partial charge in [-0.2, -0.15) is 5.10 Å². The summed E-state index contributed by atoms with van der Waals surface area (Å²) in [5.74, 6) is 0.414. The fraction of sp³-hybridized carbons (Fsp3) is 0.200. The molecule has 7 nitrogen and oxygen atoms in total. The van der Waals surface area contributed by atoms with Crippen LogP contribution in [0.1, 0.15) is 17.1 Å². The number of nitrogens with zero attached hydrogens (tertiary/aromatic N) is 5. The monoisotopic (exact) mass is 266 g/mol. The van der Waals surface area contributed by atoms with Gasteiger partial charge in [-0.15, -0.1) is 0 Å². The lowest BCUT2D eigenvalue weighted by Crippen LogP contribution is -2.16. The van der Waals surface area contributed by atoms with E-state index in [2.05, 4.69) is 20.2 Å². The van der Waals surface area contributed by atoms with Gasteiger partial charge < -0.3 is 10.9 Å². The van der Waals surface area contributed by atoms with Crippen LogP contribution in [0, 0.1) is 13.8 Å². The predicted octanol–water partition coefficient (Wildman–Crippen LogP) is 1.03. The Labute approximate surface area is 108 Å². The van der Waals surface area contributed by atoms with Gasteiger partial charge in [-0.3, -0.25) is 0 Å². The summed E-state index contributed by atoms with van der Waals surface area (Å²) < 4.78 is 1.58. The predicted molar refractivity (Wildman–Crippen MR) is 66.1 cm³/mol. The molecular formula is C10H11ClN6O. The summed E-state index contributed by atoms with van der Waals surface area (Å²) >= 11 is 6.05. The molecule has 0 aliphatic rings. The van der Waals surface area contributed by atoms with Crippen LogP contribution in [-0.4, -0.2) is 30.8 Å². The lowest BCUT2D eigenvalue weighted by atomic mass is 10.4. The van der Waals surface area contributed by atoms with Gasteiger partial charge in [0.2, 0.25) is 0 Å². The van der Waals surface area contributed by atoms with Crippen molar-refractivity contribution in [3.8, 4) is 5.82 Å². The maximum absolute atomic E-state index is 8.52. The van der Waals surface area contributed by atoms with Crippen molar-refractivity contribution in [1.82, 2.24) is 19.7 Å². The van der Waals surface area contributed by atoms with Gasteiger partial charge in [-0.25, -0.2) is 14.6 Å². The van der Waals surface area contributed by atoms with Gasteiger partial charge in [0.15, 0.2) is 11.7 Å². The third-order valence-corrected chi connectivity index (χ3v) is 2.98. The number of aromatic nitrogens is 4. The number of nitrogens with two attached hydrogens (primary N) is 1. The average molecular weight is 267 g/mol. The fourth-order valence-corrected chi connectivity index (χ4v) is 1.58. The van der Waals surface area contributed by atoms with Gasteiger partial charge in [0.25, 0.3) is 0 Å². The highest BCUT2D eigenvalue weighted by molar-refractivity contribution is 6.31. The first-order chi connectivity index (χ1) is 8.54. The molecule has 2 rings (SSSR count). The Morgan fingerprint density at radius 1 is 1.39 bits per heavy atom. The van der Waals surface area contributed by atoms with Crippen molar-refractivity contribution in [1.29, 1.82) is 0 Å². The summed E-state index contributed by atoms with van der Waals surface area (Å²) in [5, 5.41) is 16.2. The van der Waals surface area contributed by atoms with E-state index in [1.54, 1.807) is 4.68 Å². The standard InChI is InChI=1S/C10H11ClN6O/c1-5-9(11)6(2)17(15-5)8-4-13-7(3-14-8)10(12)16-18/h3-4,18H,1-2H3,(H2,12,16).